The highest BCUT2D eigenvalue weighted by atomic mass is 79.9. The van der Waals surface area contributed by atoms with Gasteiger partial charge in [0.05, 0.1) is 19.5 Å². The standard InChI is InChI=1S/C20H25N6.2BrH/c1-3-4-12-22-20(21)24-23-14-16-8-10-17(11-9-16)18-15-26-13-6-5-7-19(26)25(18)2;;/h5-11,13-15H,3-4,12H2,1-2H3,(H3,21,22,24);2*1H/q+1;;/p-1/b23-14+;;. The van der Waals surface area contributed by atoms with Crippen LogP contribution in [0.3, 0.4) is 0 Å². The summed E-state index contributed by atoms with van der Waals surface area (Å²) in [5, 5.41) is 4.13. The van der Waals surface area contributed by atoms with E-state index in [0.29, 0.717) is 5.96 Å². The fourth-order valence-corrected chi connectivity index (χ4v) is 2.76. The molecule has 150 valence electrons. The molecule has 0 amide bonds. The van der Waals surface area contributed by atoms with E-state index < -0.39 is 0 Å². The number of hydrogen-bond acceptors (Lipinski definition) is 2. The van der Waals surface area contributed by atoms with Crippen molar-refractivity contribution in [2.45, 2.75) is 19.8 Å². The number of fused-ring (bicyclic) bond motifs is 1. The number of nitrogens with zero attached hydrogens (tertiary/aromatic N) is 4. The number of guanidine groups is 1. The zero-order valence-electron chi connectivity index (χ0n) is 16.0. The number of aromatic nitrogens is 2. The molecule has 0 unspecified atom stereocenters. The Balaban J connectivity index is 0.00000196. The maximum absolute atomic E-state index is 5.75. The first-order chi connectivity index (χ1) is 12.7. The molecule has 0 fully saturated rings. The van der Waals surface area contributed by atoms with Gasteiger partial charge in [0.25, 0.3) is 5.65 Å². The lowest BCUT2D eigenvalue weighted by molar-refractivity contribution is -0.510. The van der Waals surface area contributed by atoms with Crippen molar-refractivity contribution in [3.05, 3.63) is 60.4 Å². The summed E-state index contributed by atoms with van der Waals surface area (Å²) >= 11 is 0. The van der Waals surface area contributed by atoms with E-state index in [1.54, 1.807) is 6.21 Å². The zero-order chi connectivity index (χ0) is 18.4. The second-order valence-corrected chi connectivity index (χ2v) is 6.15. The highest BCUT2D eigenvalue weighted by Crippen LogP contribution is 2.19. The molecule has 28 heavy (non-hydrogen) atoms. The van der Waals surface area contributed by atoms with Crippen LogP contribution in [-0.4, -0.2) is 23.3 Å². The Bertz CT molecular complexity index is 932. The third kappa shape index (κ3) is 5.90. The molecule has 6 nitrogen and oxygen atoms in total. The van der Waals surface area contributed by atoms with Crippen molar-refractivity contribution in [2.75, 3.05) is 6.54 Å². The van der Waals surface area contributed by atoms with E-state index in [1.807, 2.05) is 24.3 Å². The first-order valence-corrected chi connectivity index (χ1v) is 8.84. The minimum absolute atomic E-state index is 0. The lowest BCUT2D eigenvalue weighted by atomic mass is 10.1. The Morgan fingerprint density at radius 1 is 1.21 bits per heavy atom. The Morgan fingerprint density at radius 2 is 1.96 bits per heavy atom. The predicted octanol–water partition coefficient (Wildman–Crippen LogP) is 0.0510. The zero-order valence-corrected chi connectivity index (χ0v) is 19.3. The van der Waals surface area contributed by atoms with Crippen molar-refractivity contribution in [1.82, 2.24) is 9.99 Å². The molecule has 1 aromatic carbocycles. The first-order valence-electron chi connectivity index (χ1n) is 8.84. The molecule has 8 heteroatoms. The summed E-state index contributed by atoms with van der Waals surface area (Å²) in [6.45, 7) is 2.85. The van der Waals surface area contributed by atoms with Crippen molar-refractivity contribution in [3.8, 4) is 11.3 Å². The number of halogens is 2. The number of nitrogens with two attached hydrogens (primary N) is 1. The maximum atomic E-state index is 5.75. The van der Waals surface area contributed by atoms with Crippen LogP contribution in [0, 0.1) is 0 Å². The molecule has 3 N–H and O–H groups in total. The topological polar surface area (TPSA) is 71.8 Å². The predicted molar refractivity (Wildman–Crippen MR) is 116 cm³/mol. The van der Waals surface area contributed by atoms with Gasteiger partial charge in [0.15, 0.2) is 5.69 Å². The van der Waals surface area contributed by atoms with E-state index in [9.17, 15) is 0 Å². The molecule has 3 rings (SSSR count). The van der Waals surface area contributed by atoms with Crippen molar-refractivity contribution in [1.29, 1.82) is 0 Å². The monoisotopic (exact) mass is 508 g/mol. The van der Waals surface area contributed by atoms with Gasteiger partial charge in [-0.05, 0) is 30.2 Å². The molecule has 0 aliphatic carbocycles. The van der Waals surface area contributed by atoms with Gasteiger partial charge in [-0.2, -0.15) is 5.10 Å². The van der Waals surface area contributed by atoms with Crippen LogP contribution in [0.5, 0.6) is 0 Å². The number of nitrogens with one attached hydrogen (secondary N) is 1. The Kier molecular flexibility index (Phi) is 9.89. The minimum Gasteiger partial charge on any atom is -1.00 e. The third-order valence-electron chi connectivity index (χ3n) is 4.23. The van der Waals surface area contributed by atoms with Crippen LogP contribution < -0.4 is 32.5 Å². The number of benzene rings is 1. The summed E-state index contributed by atoms with van der Waals surface area (Å²) in [4.78, 5) is 4.19. The average molecular weight is 510 g/mol. The van der Waals surface area contributed by atoms with Gasteiger partial charge >= 0.3 is 0 Å². The molecular weight excluding hydrogens is 484 g/mol. The number of unbranched alkanes of at least 4 members (excludes halogenated alkanes) is 1. The number of rotatable bonds is 6. The SMILES string of the molecule is Br.CCCCN=C(N)N/N=C/c1ccc(-c2c[n+]3ccccc3n2C)cc1.[Br-]. The highest BCUT2D eigenvalue weighted by molar-refractivity contribution is 8.93. The average Bonchev–Trinajstić information content (AvgIpc) is 3.00. The Labute approximate surface area is 186 Å². The molecule has 0 aliphatic heterocycles. The van der Waals surface area contributed by atoms with Gasteiger partial charge in [-0.25, -0.2) is 14.4 Å². The number of pyridine rings is 1. The van der Waals surface area contributed by atoms with E-state index in [0.717, 1.165) is 41.9 Å². The van der Waals surface area contributed by atoms with Gasteiger partial charge in [-0.3, -0.25) is 4.99 Å². The molecule has 3 aromatic rings. The van der Waals surface area contributed by atoms with Gasteiger partial charge in [-0.15, -0.1) is 17.0 Å². The van der Waals surface area contributed by atoms with Crippen molar-refractivity contribution in [2.24, 2.45) is 22.9 Å². The number of aryl methyl sites for hydroxylation is 1. The van der Waals surface area contributed by atoms with E-state index in [4.69, 9.17) is 5.73 Å². The van der Waals surface area contributed by atoms with Crippen molar-refractivity contribution in [3.63, 3.8) is 0 Å². The van der Waals surface area contributed by atoms with Crippen LogP contribution in [0.25, 0.3) is 16.9 Å². The summed E-state index contributed by atoms with van der Waals surface area (Å²) in [5.74, 6) is 0.346. The normalized spacial score (nSPS) is 11.3. The molecular formula is C20H26Br2N6. The van der Waals surface area contributed by atoms with Crippen molar-refractivity contribution >= 4 is 34.8 Å². The van der Waals surface area contributed by atoms with E-state index >= 15 is 0 Å². The third-order valence-corrected chi connectivity index (χ3v) is 4.23. The van der Waals surface area contributed by atoms with Crippen LogP contribution >= 0.6 is 17.0 Å². The maximum Gasteiger partial charge on any atom is 0.286 e. The molecule has 0 saturated carbocycles. The molecule has 0 spiro atoms. The molecule has 2 heterocycles. The number of imidazole rings is 1. The van der Waals surface area contributed by atoms with E-state index in [1.165, 1.54) is 0 Å². The molecule has 0 bridgehead atoms. The summed E-state index contributed by atoms with van der Waals surface area (Å²) in [6.07, 6.45) is 8.05. The van der Waals surface area contributed by atoms with Gasteiger partial charge in [0.2, 0.25) is 5.96 Å². The van der Waals surface area contributed by atoms with E-state index in [2.05, 4.69) is 69.1 Å². The summed E-state index contributed by atoms with van der Waals surface area (Å²) in [6, 6.07) is 14.4. The van der Waals surface area contributed by atoms with Gasteiger partial charge in [0, 0.05) is 18.2 Å². The largest absolute Gasteiger partial charge is 1.00 e. The molecule has 0 aliphatic rings. The van der Waals surface area contributed by atoms with Crippen LogP contribution in [0.4, 0.5) is 0 Å². The Hall–Kier alpha value is -2.19. The second-order valence-electron chi connectivity index (χ2n) is 6.15. The van der Waals surface area contributed by atoms with Gasteiger partial charge in [0.1, 0.15) is 6.20 Å². The van der Waals surface area contributed by atoms with Crippen molar-refractivity contribution < 1.29 is 21.4 Å². The lowest BCUT2D eigenvalue weighted by Crippen LogP contribution is -3.00. The summed E-state index contributed by atoms with van der Waals surface area (Å²) in [5.41, 5.74) is 13.0. The van der Waals surface area contributed by atoms with Gasteiger partial charge < -0.3 is 22.7 Å². The summed E-state index contributed by atoms with van der Waals surface area (Å²) < 4.78 is 4.30. The van der Waals surface area contributed by atoms with Crippen LogP contribution in [0.2, 0.25) is 0 Å². The second kappa shape index (κ2) is 11.6. The first kappa shape index (κ1) is 23.8. The Morgan fingerprint density at radius 3 is 2.64 bits per heavy atom. The summed E-state index contributed by atoms with van der Waals surface area (Å²) in [7, 11) is 2.07. The van der Waals surface area contributed by atoms with Crippen LogP contribution in [0.15, 0.2) is 65.0 Å². The van der Waals surface area contributed by atoms with Gasteiger partial charge in [-0.1, -0.05) is 31.5 Å². The molecule has 0 saturated heterocycles. The lowest BCUT2D eigenvalue weighted by Gasteiger charge is -2.00. The molecule has 0 atom stereocenters. The number of aliphatic imine (C=N–C) groups is 1. The van der Waals surface area contributed by atoms with E-state index in [-0.39, 0.29) is 34.0 Å². The minimum atomic E-state index is 0. The highest BCUT2D eigenvalue weighted by Gasteiger charge is 2.14. The molecule has 2 aromatic heterocycles. The van der Waals surface area contributed by atoms with Crippen LogP contribution in [0.1, 0.15) is 25.3 Å². The fourth-order valence-electron chi connectivity index (χ4n) is 2.76. The fraction of sp³-hybridized carbons (Fsp3) is 0.250. The van der Waals surface area contributed by atoms with Crippen LogP contribution in [-0.2, 0) is 7.05 Å². The number of hydrazone groups is 1. The number of hydrogen-bond donors (Lipinski definition) is 2. The molecule has 0 radical (unpaired) electrons. The smallest absolute Gasteiger partial charge is 0.286 e. The quantitative estimate of drug-likeness (QED) is 0.162.